The van der Waals surface area contributed by atoms with E-state index in [9.17, 15) is 9.59 Å². The first-order chi connectivity index (χ1) is 12.7. The molecule has 1 aliphatic rings. The lowest BCUT2D eigenvalue weighted by molar-refractivity contribution is 0.0894. The van der Waals surface area contributed by atoms with Crippen LogP contribution in [0.1, 0.15) is 27.1 Å². The highest BCUT2D eigenvalue weighted by atomic mass is 16.5. The number of methoxy groups -OCH3 is 1. The molecule has 0 unspecified atom stereocenters. The molecule has 4 rings (SSSR count). The maximum atomic E-state index is 12.7. The van der Waals surface area contributed by atoms with Crippen LogP contribution in [0.25, 0.3) is 0 Å². The van der Waals surface area contributed by atoms with Gasteiger partial charge in [0, 0.05) is 22.9 Å². The molecule has 0 bridgehead atoms. The lowest BCUT2D eigenvalue weighted by Crippen LogP contribution is -2.22. The molecule has 4 heteroatoms. The van der Waals surface area contributed by atoms with E-state index in [1.54, 1.807) is 19.2 Å². The fourth-order valence-electron chi connectivity index (χ4n) is 3.30. The first-order valence-corrected chi connectivity index (χ1v) is 8.37. The minimum Gasteiger partial charge on any atom is -0.497 e. The third-order valence-corrected chi connectivity index (χ3v) is 4.52. The van der Waals surface area contributed by atoms with Crippen LogP contribution in [-0.2, 0) is 0 Å². The summed E-state index contributed by atoms with van der Waals surface area (Å²) in [7, 11) is 1.61. The number of nitrogens with zero attached hydrogens (tertiary/aromatic N) is 1. The predicted molar refractivity (Wildman–Crippen MR) is 101 cm³/mol. The highest BCUT2D eigenvalue weighted by Crippen LogP contribution is 2.41. The van der Waals surface area contributed by atoms with Gasteiger partial charge in [-0.25, -0.2) is 0 Å². The number of ether oxygens (including phenoxy) is 1. The number of hydrogen-bond acceptors (Lipinski definition) is 4. The van der Waals surface area contributed by atoms with Crippen molar-refractivity contribution in [1.82, 2.24) is 0 Å². The molecule has 0 N–H and O–H groups in total. The molecule has 128 valence electrons. The Hall–Kier alpha value is -3.40. The van der Waals surface area contributed by atoms with Crippen molar-refractivity contribution in [2.45, 2.75) is 6.42 Å². The van der Waals surface area contributed by atoms with Gasteiger partial charge in [0.15, 0.2) is 11.6 Å². The van der Waals surface area contributed by atoms with Gasteiger partial charge in [-0.05, 0) is 36.4 Å². The summed E-state index contributed by atoms with van der Waals surface area (Å²) >= 11 is 0. The Bertz CT molecular complexity index is 952. The van der Waals surface area contributed by atoms with Crippen LogP contribution in [0.3, 0.4) is 0 Å². The van der Waals surface area contributed by atoms with Crippen LogP contribution < -0.4 is 9.64 Å². The summed E-state index contributed by atoms with van der Waals surface area (Å²) in [5.41, 5.74) is 3.42. The standard InChI is InChI=1S/C22H17NO3/c1-26-16-8-6-7-15(13-16)23-19-11-4-2-9-17(19)21(24)14-22(25)18-10-3-5-12-20(18)23/h2-13H,14H2,1H3. The smallest absolute Gasteiger partial charge is 0.172 e. The second kappa shape index (κ2) is 6.48. The summed E-state index contributed by atoms with van der Waals surface area (Å²) in [6.07, 6.45) is -0.125. The maximum absolute atomic E-state index is 12.7. The Labute approximate surface area is 151 Å². The maximum Gasteiger partial charge on any atom is 0.172 e. The molecule has 1 aliphatic heterocycles. The zero-order valence-corrected chi connectivity index (χ0v) is 14.3. The van der Waals surface area contributed by atoms with Crippen molar-refractivity contribution in [3.8, 4) is 5.75 Å². The molecule has 3 aromatic rings. The number of rotatable bonds is 2. The van der Waals surface area contributed by atoms with Gasteiger partial charge in [-0.15, -0.1) is 0 Å². The van der Waals surface area contributed by atoms with Crippen molar-refractivity contribution in [2.75, 3.05) is 12.0 Å². The van der Waals surface area contributed by atoms with Crippen LogP contribution in [0.15, 0.2) is 72.8 Å². The Morgan fingerprint density at radius 3 is 1.92 bits per heavy atom. The van der Waals surface area contributed by atoms with Crippen LogP contribution in [0.2, 0.25) is 0 Å². The monoisotopic (exact) mass is 343 g/mol. The Morgan fingerprint density at radius 1 is 0.769 bits per heavy atom. The van der Waals surface area contributed by atoms with E-state index in [0.717, 1.165) is 17.1 Å². The quantitative estimate of drug-likeness (QED) is 0.619. The fraction of sp³-hybridized carbons (Fsp3) is 0.0909. The molecule has 0 amide bonds. The highest BCUT2D eigenvalue weighted by molar-refractivity contribution is 6.19. The molecule has 0 fully saturated rings. The average Bonchev–Trinajstić information content (AvgIpc) is 2.68. The number of benzene rings is 3. The number of para-hydroxylation sites is 2. The molecule has 0 saturated heterocycles. The van der Waals surface area contributed by atoms with Gasteiger partial charge >= 0.3 is 0 Å². The minimum absolute atomic E-state index is 0.125. The Kier molecular flexibility index (Phi) is 4.01. The van der Waals surface area contributed by atoms with Crippen molar-refractivity contribution < 1.29 is 14.3 Å². The van der Waals surface area contributed by atoms with Gasteiger partial charge in [0.2, 0.25) is 0 Å². The lowest BCUT2D eigenvalue weighted by Gasteiger charge is -2.30. The summed E-state index contributed by atoms with van der Waals surface area (Å²) in [5.74, 6) is 0.359. The molecule has 0 aromatic heterocycles. The number of ketones is 2. The van der Waals surface area contributed by atoms with Gasteiger partial charge in [0.25, 0.3) is 0 Å². The van der Waals surface area contributed by atoms with Gasteiger partial charge in [0.05, 0.1) is 24.9 Å². The third kappa shape index (κ3) is 2.65. The van der Waals surface area contributed by atoms with E-state index in [-0.39, 0.29) is 18.0 Å². The van der Waals surface area contributed by atoms with Crippen LogP contribution in [-0.4, -0.2) is 18.7 Å². The number of carbonyl (C=O) groups excluding carboxylic acids is 2. The van der Waals surface area contributed by atoms with E-state index in [0.29, 0.717) is 16.9 Å². The number of hydrogen-bond donors (Lipinski definition) is 0. The fourth-order valence-corrected chi connectivity index (χ4v) is 3.30. The van der Waals surface area contributed by atoms with Crippen molar-refractivity contribution >= 4 is 28.6 Å². The van der Waals surface area contributed by atoms with E-state index in [4.69, 9.17) is 4.74 Å². The molecule has 26 heavy (non-hydrogen) atoms. The molecule has 4 nitrogen and oxygen atoms in total. The number of carbonyl (C=O) groups is 2. The van der Waals surface area contributed by atoms with E-state index >= 15 is 0 Å². The van der Waals surface area contributed by atoms with Gasteiger partial charge < -0.3 is 9.64 Å². The number of Topliss-reactive ketones (excluding diaryl/α,β-unsaturated/α-hetero) is 2. The van der Waals surface area contributed by atoms with Crippen molar-refractivity contribution in [3.63, 3.8) is 0 Å². The molecule has 0 aliphatic carbocycles. The highest BCUT2D eigenvalue weighted by Gasteiger charge is 2.28. The molecule has 0 spiro atoms. The van der Waals surface area contributed by atoms with Crippen LogP contribution >= 0.6 is 0 Å². The number of fused-ring (bicyclic) bond motifs is 2. The summed E-state index contributed by atoms with van der Waals surface area (Å²) in [6.45, 7) is 0. The summed E-state index contributed by atoms with van der Waals surface area (Å²) in [5, 5.41) is 0. The van der Waals surface area contributed by atoms with Crippen molar-refractivity contribution in [1.29, 1.82) is 0 Å². The SMILES string of the molecule is COc1cccc(N2c3ccccc3C(=O)CC(=O)c3ccccc32)c1. The van der Waals surface area contributed by atoms with Crippen molar-refractivity contribution in [2.24, 2.45) is 0 Å². The van der Waals surface area contributed by atoms with E-state index in [1.807, 2.05) is 65.6 Å². The number of anilines is 3. The average molecular weight is 343 g/mol. The molecular formula is C22H17NO3. The van der Waals surface area contributed by atoms with E-state index in [2.05, 4.69) is 0 Å². The normalized spacial score (nSPS) is 13.5. The van der Waals surface area contributed by atoms with Crippen LogP contribution in [0, 0.1) is 0 Å². The predicted octanol–water partition coefficient (Wildman–Crippen LogP) is 4.93. The Balaban J connectivity index is 2.04. The van der Waals surface area contributed by atoms with Gasteiger partial charge in [0.1, 0.15) is 5.75 Å². The molecule has 1 heterocycles. The van der Waals surface area contributed by atoms with E-state index < -0.39 is 0 Å². The molecule has 0 saturated carbocycles. The first-order valence-electron chi connectivity index (χ1n) is 8.37. The molecular weight excluding hydrogens is 326 g/mol. The van der Waals surface area contributed by atoms with Gasteiger partial charge in [-0.1, -0.05) is 30.3 Å². The largest absolute Gasteiger partial charge is 0.497 e. The van der Waals surface area contributed by atoms with Crippen molar-refractivity contribution in [3.05, 3.63) is 83.9 Å². The Morgan fingerprint density at radius 2 is 1.35 bits per heavy atom. The summed E-state index contributed by atoms with van der Waals surface area (Å²) in [4.78, 5) is 27.4. The minimum atomic E-state index is -0.173. The molecule has 0 atom stereocenters. The van der Waals surface area contributed by atoms with Gasteiger partial charge in [-0.3, -0.25) is 9.59 Å². The van der Waals surface area contributed by atoms with Crippen LogP contribution in [0.4, 0.5) is 17.1 Å². The van der Waals surface area contributed by atoms with Gasteiger partial charge in [-0.2, -0.15) is 0 Å². The van der Waals surface area contributed by atoms with Crippen LogP contribution in [0.5, 0.6) is 5.75 Å². The zero-order valence-electron chi connectivity index (χ0n) is 14.3. The third-order valence-electron chi connectivity index (χ3n) is 4.52. The summed E-state index contributed by atoms with van der Waals surface area (Å²) < 4.78 is 5.36. The first kappa shape index (κ1) is 16.1. The zero-order chi connectivity index (χ0) is 18.1. The second-order valence-corrected chi connectivity index (χ2v) is 6.09. The summed E-state index contributed by atoms with van der Waals surface area (Å²) in [6, 6.07) is 22.4. The molecule has 0 radical (unpaired) electrons. The molecule has 3 aromatic carbocycles. The second-order valence-electron chi connectivity index (χ2n) is 6.09. The van der Waals surface area contributed by atoms with E-state index in [1.165, 1.54) is 0 Å². The topological polar surface area (TPSA) is 46.6 Å². The lowest BCUT2D eigenvalue weighted by atomic mass is 9.94.